The number of ether oxygens (including phenoxy) is 2. The fourth-order valence-corrected chi connectivity index (χ4v) is 4.77. The zero-order chi connectivity index (χ0) is 22.4. The highest BCUT2D eigenvalue weighted by Crippen LogP contribution is 2.21. The smallest absolute Gasteiger partial charge is 0.241 e. The van der Waals surface area contributed by atoms with Crippen LogP contribution in [0.1, 0.15) is 13.3 Å². The third-order valence-electron chi connectivity index (χ3n) is 5.32. The van der Waals surface area contributed by atoms with E-state index in [1.165, 1.54) is 19.2 Å². The molecule has 0 aliphatic carbocycles. The maximum atomic E-state index is 12.9. The van der Waals surface area contributed by atoms with Gasteiger partial charge in [-0.05, 0) is 61.9 Å². The van der Waals surface area contributed by atoms with E-state index in [1.54, 1.807) is 31.1 Å². The zero-order valence-corrected chi connectivity index (χ0v) is 18.9. The summed E-state index contributed by atoms with van der Waals surface area (Å²) in [5.74, 6) is 1.14. The molecule has 0 spiro atoms. The Morgan fingerprint density at radius 2 is 1.48 bits per heavy atom. The number of sulfonamides is 1. The fourth-order valence-electron chi connectivity index (χ4n) is 3.57. The SMILES string of the molecule is COc1ccc(N2CCCN(C(=O)[C@H](C)NS(=O)(=O)c3ccc(OC)cc3)CC2)cc1. The van der Waals surface area contributed by atoms with Gasteiger partial charge in [-0.25, -0.2) is 8.42 Å². The summed E-state index contributed by atoms with van der Waals surface area (Å²) in [6.45, 7) is 4.19. The molecule has 9 heteroatoms. The van der Waals surface area contributed by atoms with E-state index in [1.807, 2.05) is 24.3 Å². The summed E-state index contributed by atoms with van der Waals surface area (Å²) in [7, 11) is -0.666. The first-order valence-corrected chi connectivity index (χ1v) is 11.7. The molecule has 1 N–H and O–H groups in total. The number of nitrogens with one attached hydrogen (secondary N) is 1. The lowest BCUT2D eigenvalue weighted by molar-refractivity contribution is -0.132. The van der Waals surface area contributed by atoms with Crippen LogP contribution < -0.4 is 19.1 Å². The number of benzene rings is 2. The molecule has 1 aliphatic heterocycles. The highest BCUT2D eigenvalue weighted by molar-refractivity contribution is 7.89. The third-order valence-corrected chi connectivity index (χ3v) is 6.87. The van der Waals surface area contributed by atoms with Crippen molar-refractivity contribution in [1.82, 2.24) is 9.62 Å². The first-order valence-electron chi connectivity index (χ1n) is 10.2. The van der Waals surface area contributed by atoms with Gasteiger partial charge in [0.1, 0.15) is 11.5 Å². The van der Waals surface area contributed by atoms with Crippen molar-refractivity contribution >= 4 is 21.6 Å². The largest absolute Gasteiger partial charge is 0.497 e. The molecule has 1 atom stereocenters. The number of rotatable bonds is 7. The van der Waals surface area contributed by atoms with Crippen molar-refractivity contribution in [2.75, 3.05) is 45.3 Å². The summed E-state index contributed by atoms with van der Waals surface area (Å²) in [4.78, 5) is 17.0. The molecule has 1 heterocycles. The van der Waals surface area contributed by atoms with Gasteiger partial charge in [-0.2, -0.15) is 4.72 Å². The molecule has 1 aliphatic rings. The molecule has 0 saturated carbocycles. The highest BCUT2D eigenvalue weighted by atomic mass is 32.2. The molecule has 0 radical (unpaired) electrons. The van der Waals surface area contributed by atoms with Crippen LogP contribution in [0.3, 0.4) is 0 Å². The van der Waals surface area contributed by atoms with E-state index >= 15 is 0 Å². The molecule has 8 nitrogen and oxygen atoms in total. The lowest BCUT2D eigenvalue weighted by Crippen LogP contribution is -2.47. The van der Waals surface area contributed by atoms with E-state index in [-0.39, 0.29) is 10.8 Å². The minimum atomic E-state index is -3.81. The molecule has 0 aromatic heterocycles. The first-order chi connectivity index (χ1) is 14.8. The molecule has 0 bridgehead atoms. The standard InChI is InChI=1S/C22H29N3O5S/c1-17(23-31(27,28)21-11-9-20(30-3)10-12-21)22(26)25-14-4-13-24(15-16-25)18-5-7-19(29-2)8-6-18/h5-12,17,23H,4,13-16H2,1-3H3/t17-/m0/s1. The summed E-state index contributed by atoms with van der Waals surface area (Å²) in [6.07, 6.45) is 0.801. The number of hydrogen-bond acceptors (Lipinski definition) is 6. The maximum Gasteiger partial charge on any atom is 0.241 e. The number of hydrogen-bond donors (Lipinski definition) is 1. The Labute approximate surface area is 183 Å². The van der Waals surface area contributed by atoms with Crippen LogP contribution in [0.5, 0.6) is 11.5 Å². The average molecular weight is 448 g/mol. The first kappa shape index (κ1) is 22.9. The van der Waals surface area contributed by atoms with E-state index in [0.29, 0.717) is 25.4 Å². The maximum absolute atomic E-state index is 12.9. The molecule has 168 valence electrons. The van der Waals surface area contributed by atoms with E-state index < -0.39 is 16.1 Å². The van der Waals surface area contributed by atoms with Gasteiger partial charge in [0, 0.05) is 31.9 Å². The quantitative estimate of drug-likeness (QED) is 0.700. The fraction of sp³-hybridized carbons (Fsp3) is 0.409. The summed E-state index contributed by atoms with van der Waals surface area (Å²) in [5.41, 5.74) is 1.07. The lowest BCUT2D eigenvalue weighted by Gasteiger charge is -2.26. The summed E-state index contributed by atoms with van der Waals surface area (Å²) < 4.78 is 38.1. The summed E-state index contributed by atoms with van der Waals surface area (Å²) >= 11 is 0. The van der Waals surface area contributed by atoms with Crippen molar-refractivity contribution in [2.45, 2.75) is 24.3 Å². The van der Waals surface area contributed by atoms with Crippen LogP contribution in [0.4, 0.5) is 5.69 Å². The summed E-state index contributed by atoms with van der Waals surface area (Å²) in [6, 6.07) is 13.0. The van der Waals surface area contributed by atoms with E-state index in [9.17, 15) is 13.2 Å². The molecule has 31 heavy (non-hydrogen) atoms. The van der Waals surface area contributed by atoms with Crippen molar-refractivity contribution in [3.05, 3.63) is 48.5 Å². The van der Waals surface area contributed by atoms with Gasteiger partial charge in [0.25, 0.3) is 0 Å². The number of methoxy groups -OCH3 is 2. The highest BCUT2D eigenvalue weighted by Gasteiger charge is 2.27. The minimum Gasteiger partial charge on any atom is -0.497 e. The number of amides is 1. The molecule has 0 unspecified atom stereocenters. The average Bonchev–Trinajstić information content (AvgIpc) is 3.04. The van der Waals surface area contributed by atoms with Crippen LogP contribution in [0.15, 0.2) is 53.4 Å². The normalized spacial score (nSPS) is 15.8. The van der Waals surface area contributed by atoms with Gasteiger partial charge in [-0.3, -0.25) is 4.79 Å². The lowest BCUT2D eigenvalue weighted by atomic mass is 10.2. The predicted octanol–water partition coefficient (Wildman–Crippen LogP) is 2.11. The van der Waals surface area contributed by atoms with Crippen LogP contribution in [0.25, 0.3) is 0 Å². The molecule has 1 amide bonds. The molecule has 1 fully saturated rings. The van der Waals surface area contributed by atoms with Crippen LogP contribution >= 0.6 is 0 Å². The minimum absolute atomic E-state index is 0.0921. The van der Waals surface area contributed by atoms with E-state index in [2.05, 4.69) is 9.62 Å². The second kappa shape index (κ2) is 10.0. The number of anilines is 1. The molecule has 2 aromatic carbocycles. The Morgan fingerprint density at radius 3 is 2.06 bits per heavy atom. The van der Waals surface area contributed by atoms with E-state index in [4.69, 9.17) is 9.47 Å². The number of carbonyl (C=O) groups excluding carboxylic acids is 1. The van der Waals surface area contributed by atoms with E-state index in [0.717, 1.165) is 24.4 Å². The second-order valence-corrected chi connectivity index (χ2v) is 9.10. The number of carbonyl (C=O) groups is 1. The van der Waals surface area contributed by atoms with Gasteiger partial charge < -0.3 is 19.3 Å². The van der Waals surface area contributed by atoms with Crippen molar-refractivity contribution in [3.63, 3.8) is 0 Å². The van der Waals surface area contributed by atoms with Gasteiger partial charge in [0.05, 0.1) is 25.2 Å². The Bertz CT molecular complexity index is 977. The van der Waals surface area contributed by atoms with Crippen molar-refractivity contribution in [1.29, 1.82) is 0 Å². The third kappa shape index (κ3) is 5.68. The number of nitrogens with zero attached hydrogens (tertiary/aromatic N) is 2. The second-order valence-electron chi connectivity index (χ2n) is 7.38. The molecule has 3 rings (SSSR count). The molecular weight excluding hydrogens is 418 g/mol. The van der Waals surface area contributed by atoms with Crippen LogP contribution in [0.2, 0.25) is 0 Å². The van der Waals surface area contributed by atoms with Gasteiger partial charge in [0.15, 0.2) is 0 Å². The molecule has 1 saturated heterocycles. The topological polar surface area (TPSA) is 88.2 Å². The van der Waals surface area contributed by atoms with Crippen molar-refractivity contribution < 1.29 is 22.7 Å². The van der Waals surface area contributed by atoms with Gasteiger partial charge in [-0.1, -0.05) is 0 Å². The Kier molecular flexibility index (Phi) is 7.40. The monoisotopic (exact) mass is 447 g/mol. The molecule has 2 aromatic rings. The van der Waals surface area contributed by atoms with Crippen LogP contribution in [-0.4, -0.2) is 65.7 Å². The summed E-state index contributed by atoms with van der Waals surface area (Å²) in [5, 5.41) is 0. The zero-order valence-electron chi connectivity index (χ0n) is 18.1. The van der Waals surface area contributed by atoms with Crippen molar-refractivity contribution in [3.8, 4) is 11.5 Å². The van der Waals surface area contributed by atoms with Gasteiger partial charge in [0.2, 0.25) is 15.9 Å². The van der Waals surface area contributed by atoms with Crippen molar-refractivity contribution in [2.24, 2.45) is 0 Å². The van der Waals surface area contributed by atoms with Crippen LogP contribution in [-0.2, 0) is 14.8 Å². The predicted molar refractivity (Wildman–Crippen MR) is 119 cm³/mol. The Hall–Kier alpha value is -2.78. The Morgan fingerprint density at radius 1 is 0.903 bits per heavy atom. The Balaban J connectivity index is 1.61. The molecular formula is C22H29N3O5S. The van der Waals surface area contributed by atoms with Gasteiger partial charge >= 0.3 is 0 Å². The van der Waals surface area contributed by atoms with Gasteiger partial charge in [-0.15, -0.1) is 0 Å². The van der Waals surface area contributed by atoms with Crippen LogP contribution in [0, 0.1) is 0 Å².